The Morgan fingerprint density at radius 2 is 1.66 bits per heavy atom. The lowest BCUT2D eigenvalue weighted by Crippen LogP contribution is -2.38. The topological polar surface area (TPSA) is 134 Å². The van der Waals surface area contributed by atoms with E-state index in [9.17, 15) is 24.6 Å². The van der Waals surface area contributed by atoms with Crippen molar-refractivity contribution in [2.24, 2.45) is 5.92 Å². The summed E-state index contributed by atoms with van der Waals surface area (Å²) in [6.07, 6.45) is 1.63. The number of amides is 2. The molecule has 0 aromatic heterocycles. The summed E-state index contributed by atoms with van der Waals surface area (Å²) in [5.74, 6) is -0.475. The summed E-state index contributed by atoms with van der Waals surface area (Å²) in [7, 11) is 0. The second kappa shape index (κ2) is 16.4. The highest BCUT2D eigenvalue weighted by Crippen LogP contribution is 2.43. The molecule has 4 rings (SSSR count). The van der Waals surface area contributed by atoms with Crippen molar-refractivity contribution in [3.63, 3.8) is 0 Å². The number of aromatic carboxylic acids is 1. The van der Waals surface area contributed by atoms with E-state index in [1.54, 1.807) is 36.0 Å². The number of ether oxygens (including phenoxy) is 2. The van der Waals surface area contributed by atoms with Gasteiger partial charge in [-0.2, -0.15) is 0 Å². The maximum Gasteiger partial charge on any atom is 0.335 e. The molecule has 1 saturated heterocycles. The van der Waals surface area contributed by atoms with Crippen molar-refractivity contribution in [2.75, 3.05) is 17.6 Å². The molecule has 4 N–H and O–H groups in total. The summed E-state index contributed by atoms with van der Waals surface area (Å²) in [6.45, 7) is 4.15. The number of aliphatic hydroxyl groups excluding tert-OH is 1. The van der Waals surface area contributed by atoms with Crippen LogP contribution in [0.5, 0.6) is 0 Å². The molecule has 0 radical (unpaired) electrons. The largest absolute Gasteiger partial charge is 0.478 e. The molecule has 0 unspecified atom stereocenters. The fourth-order valence-corrected chi connectivity index (χ4v) is 6.09. The average Bonchev–Trinajstić information content (AvgIpc) is 3.02. The Balaban J connectivity index is 1.44. The van der Waals surface area contributed by atoms with Gasteiger partial charge in [-0.3, -0.25) is 9.59 Å². The number of thioether (sulfide) groups is 1. The lowest BCUT2D eigenvalue weighted by molar-refractivity contribution is -0.268. The number of carboxylic acids is 1. The van der Waals surface area contributed by atoms with Gasteiger partial charge in [0.15, 0.2) is 6.29 Å². The summed E-state index contributed by atoms with van der Waals surface area (Å²) < 4.78 is 13.1. The standard InChI is InChI=1S/C34H40N2O7S/c1-22-30(21-44-29-16-14-26(15-17-29)33(40)41)42-34(43-32(22)25-12-10-24(20-37)11-13-25)27-7-6-8-28(19-27)36-31(39)9-4-3-5-18-35-23(2)38/h6-8,10-17,19,22,30,32,34,37H,3-5,9,18,20-21H2,1-2H3,(H,35,38)(H,36,39)(H,40,41)/t22-,30+,32+,34+/m1/s1. The molecule has 4 atom stereocenters. The average molecular weight is 621 g/mol. The van der Waals surface area contributed by atoms with Gasteiger partial charge in [-0.1, -0.05) is 49.7 Å². The third-order valence-electron chi connectivity index (χ3n) is 7.54. The first kappa shape index (κ1) is 33.2. The molecule has 9 nitrogen and oxygen atoms in total. The van der Waals surface area contributed by atoms with E-state index in [4.69, 9.17) is 9.47 Å². The smallest absolute Gasteiger partial charge is 0.335 e. The molecule has 234 valence electrons. The number of hydrogen-bond donors (Lipinski definition) is 4. The number of carbonyl (C=O) groups is 3. The van der Waals surface area contributed by atoms with E-state index < -0.39 is 12.3 Å². The van der Waals surface area contributed by atoms with E-state index >= 15 is 0 Å². The fraction of sp³-hybridized carbons (Fsp3) is 0.382. The predicted molar refractivity (Wildman–Crippen MR) is 169 cm³/mol. The third kappa shape index (κ3) is 9.65. The minimum absolute atomic E-state index is 0.00875. The van der Waals surface area contributed by atoms with Crippen LogP contribution in [-0.4, -0.2) is 46.4 Å². The molecule has 10 heteroatoms. The molecular weight excluding hydrogens is 580 g/mol. The van der Waals surface area contributed by atoms with Crippen LogP contribution < -0.4 is 10.6 Å². The molecule has 0 saturated carbocycles. The van der Waals surface area contributed by atoms with Crippen LogP contribution in [0, 0.1) is 5.92 Å². The van der Waals surface area contributed by atoms with Crippen molar-refractivity contribution >= 4 is 35.2 Å². The first-order valence-corrected chi connectivity index (χ1v) is 15.8. The molecule has 1 aliphatic rings. The fourth-order valence-electron chi connectivity index (χ4n) is 5.02. The van der Waals surface area contributed by atoms with Gasteiger partial charge >= 0.3 is 5.97 Å². The maximum absolute atomic E-state index is 12.6. The number of carboxylic acid groups (broad SMARTS) is 1. The zero-order valence-electron chi connectivity index (χ0n) is 25.0. The Hall–Kier alpha value is -3.70. The molecule has 1 fully saturated rings. The van der Waals surface area contributed by atoms with E-state index in [2.05, 4.69) is 17.6 Å². The zero-order chi connectivity index (χ0) is 31.5. The molecule has 3 aromatic rings. The summed E-state index contributed by atoms with van der Waals surface area (Å²) >= 11 is 1.59. The molecule has 2 amide bonds. The normalized spacial score (nSPS) is 19.7. The molecule has 1 heterocycles. The van der Waals surface area contributed by atoms with Gasteiger partial charge < -0.3 is 30.3 Å². The van der Waals surface area contributed by atoms with E-state index in [0.717, 1.165) is 40.8 Å². The van der Waals surface area contributed by atoms with Gasteiger partial charge in [0.1, 0.15) is 0 Å². The second-order valence-corrected chi connectivity index (χ2v) is 12.0. The second-order valence-electron chi connectivity index (χ2n) is 10.9. The van der Waals surface area contributed by atoms with Crippen LogP contribution in [0.15, 0.2) is 77.7 Å². The third-order valence-corrected chi connectivity index (χ3v) is 8.64. The van der Waals surface area contributed by atoms with Gasteiger partial charge in [-0.15, -0.1) is 11.8 Å². The van der Waals surface area contributed by atoms with Gasteiger partial charge in [0.2, 0.25) is 11.8 Å². The van der Waals surface area contributed by atoms with Crippen LogP contribution in [0.3, 0.4) is 0 Å². The first-order valence-electron chi connectivity index (χ1n) is 14.8. The van der Waals surface area contributed by atoms with Crippen molar-refractivity contribution in [1.29, 1.82) is 0 Å². The van der Waals surface area contributed by atoms with Gasteiger partial charge in [-0.25, -0.2) is 4.79 Å². The molecule has 44 heavy (non-hydrogen) atoms. The van der Waals surface area contributed by atoms with Crippen molar-refractivity contribution in [3.8, 4) is 0 Å². The van der Waals surface area contributed by atoms with Crippen LogP contribution >= 0.6 is 11.8 Å². The van der Waals surface area contributed by atoms with Gasteiger partial charge in [0.25, 0.3) is 0 Å². The highest BCUT2D eigenvalue weighted by molar-refractivity contribution is 7.99. The monoisotopic (exact) mass is 620 g/mol. The Labute approximate surface area is 262 Å². The summed E-state index contributed by atoms with van der Waals surface area (Å²) in [4.78, 5) is 35.8. The minimum Gasteiger partial charge on any atom is -0.478 e. The zero-order valence-corrected chi connectivity index (χ0v) is 25.8. The maximum atomic E-state index is 12.6. The van der Waals surface area contributed by atoms with Crippen molar-refractivity contribution < 1.29 is 34.1 Å². The number of hydrogen-bond acceptors (Lipinski definition) is 7. The highest BCUT2D eigenvalue weighted by Gasteiger charge is 2.38. The van der Waals surface area contributed by atoms with E-state index in [1.807, 2.05) is 48.5 Å². The van der Waals surface area contributed by atoms with Crippen molar-refractivity contribution in [1.82, 2.24) is 5.32 Å². The number of rotatable bonds is 14. The number of nitrogens with one attached hydrogen (secondary N) is 2. The van der Waals surface area contributed by atoms with E-state index in [-0.39, 0.29) is 42.1 Å². The number of aliphatic hydroxyl groups is 1. The van der Waals surface area contributed by atoms with Crippen molar-refractivity contribution in [3.05, 3.63) is 95.1 Å². The Morgan fingerprint density at radius 1 is 0.909 bits per heavy atom. The summed E-state index contributed by atoms with van der Waals surface area (Å²) in [5, 5.41) is 24.5. The van der Waals surface area contributed by atoms with Crippen LogP contribution in [0.25, 0.3) is 0 Å². The molecular formula is C34H40N2O7S. The molecule has 0 bridgehead atoms. The number of benzene rings is 3. The van der Waals surface area contributed by atoms with E-state index in [1.165, 1.54) is 6.92 Å². The molecule has 0 aliphatic carbocycles. The van der Waals surface area contributed by atoms with Gasteiger partial charge in [-0.05, 0) is 60.4 Å². The van der Waals surface area contributed by atoms with E-state index in [0.29, 0.717) is 24.4 Å². The van der Waals surface area contributed by atoms with Gasteiger partial charge in [0, 0.05) is 47.7 Å². The Morgan fingerprint density at radius 3 is 2.34 bits per heavy atom. The SMILES string of the molecule is CC(=O)NCCCCCC(=O)Nc1cccc([C@H]2O[C@@H](CSc3ccc(C(=O)O)cc3)[C@@H](C)[C@@H](c3ccc(CO)cc3)O2)c1. The van der Waals surface area contributed by atoms with Crippen LogP contribution in [-0.2, 0) is 25.7 Å². The minimum atomic E-state index is -0.960. The van der Waals surface area contributed by atoms with Crippen LogP contribution in [0.4, 0.5) is 5.69 Å². The number of unbranched alkanes of at least 4 members (excludes halogenated alkanes) is 2. The van der Waals surface area contributed by atoms with Crippen molar-refractivity contribution in [2.45, 2.75) is 69.5 Å². The molecule has 1 aliphatic heterocycles. The molecule has 0 spiro atoms. The first-order chi connectivity index (χ1) is 21.2. The van der Waals surface area contributed by atoms with Gasteiger partial charge in [0.05, 0.1) is 24.4 Å². The number of anilines is 1. The van der Waals surface area contributed by atoms with Crippen LogP contribution in [0.1, 0.15) is 79.0 Å². The Bertz CT molecular complexity index is 1400. The molecule has 3 aromatic carbocycles. The summed E-state index contributed by atoms with van der Waals surface area (Å²) in [6, 6.07) is 22.0. The van der Waals surface area contributed by atoms with Crippen LogP contribution in [0.2, 0.25) is 0 Å². The summed E-state index contributed by atoms with van der Waals surface area (Å²) in [5.41, 5.74) is 3.47. The highest BCUT2D eigenvalue weighted by atomic mass is 32.2. The quantitative estimate of drug-likeness (QED) is 0.126. The Kier molecular flexibility index (Phi) is 12.4. The number of carbonyl (C=O) groups excluding carboxylic acids is 2. The lowest BCUT2D eigenvalue weighted by atomic mass is 9.91. The predicted octanol–water partition coefficient (Wildman–Crippen LogP) is 6.10. The lowest BCUT2D eigenvalue weighted by Gasteiger charge is -2.41.